The van der Waals surface area contributed by atoms with Gasteiger partial charge in [-0.3, -0.25) is 14.9 Å². The number of nitro benzene ring substituents is 1. The number of carbonyl (C=O) groups excluding carboxylic acids is 2. The Bertz CT molecular complexity index is 613. The lowest BCUT2D eigenvalue weighted by atomic mass is 10.0. The van der Waals surface area contributed by atoms with Crippen molar-refractivity contribution in [2.75, 3.05) is 6.61 Å². The van der Waals surface area contributed by atoms with Gasteiger partial charge in [-0.1, -0.05) is 13.8 Å². The monoisotopic (exact) mass is 336 g/mol. The van der Waals surface area contributed by atoms with E-state index in [-0.39, 0.29) is 29.5 Å². The van der Waals surface area contributed by atoms with Crippen molar-refractivity contribution in [3.05, 3.63) is 39.4 Å². The highest BCUT2D eigenvalue weighted by Gasteiger charge is 2.19. The maximum atomic E-state index is 12.3. The first-order chi connectivity index (χ1) is 11.2. The minimum Gasteiger partial charge on any atom is -0.462 e. The van der Waals surface area contributed by atoms with E-state index in [2.05, 4.69) is 19.2 Å². The van der Waals surface area contributed by atoms with Crippen molar-refractivity contribution in [3.8, 4) is 0 Å². The summed E-state index contributed by atoms with van der Waals surface area (Å²) >= 11 is 0. The average molecular weight is 336 g/mol. The van der Waals surface area contributed by atoms with Crippen molar-refractivity contribution in [2.45, 2.75) is 46.6 Å². The summed E-state index contributed by atoms with van der Waals surface area (Å²) in [4.78, 5) is 34.5. The summed E-state index contributed by atoms with van der Waals surface area (Å²) in [5.74, 6) is -0.610. The minimum atomic E-state index is -0.692. The second-order valence-electron chi connectivity index (χ2n) is 6.09. The molecule has 1 N–H and O–H groups in total. The summed E-state index contributed by atoms with van der Waals surface area (Å²) in [6, 6.07) is 3.52. The molecule has 1 amide bonds. The highest BCUT2D eigenvalue weighted by Crippen LogP contribution is 2.19. The van der Waals surface area contributed by atoms with E-state index in [1.807, 2.05) is 6.92 Å². The fraction of sp³-hybridized carbons (Fsp3) is 0.529. The van der Waals surface area contributed by atoms with Crippen molar-refractivity contribution in [3.63, 3.8) is 0 Å². The zero-order valence-corrected chi connectivity index (χ0v) is 14.5. The Morgan fingerprint density at radius 1 is 1.17 bits per heavy atom. The van der Waals surface area contributed by atoms with Gasteiger partial charge in [-0.25, -0.2) is 4.79 Å². The number of carbonyl (C=O) groups is 2. The van der Waals surface area contributed by atoms with Crippen molar-refractivity contribution in [1.82, 2.24) is 5.32 Å². The van der Waals surface area contributed by atoms with Crippen LogP contribution in [0.4, 0.5) is 5.69 Å². The van der Waals surface area contributed by atoms with Gasteiger partial charge in [0.05, 0.1) is 17.1 Å². The molecular weight excluding hydrogens is 312 g/mol. The Kier molecular flexibility index (Phi) is 7.35. The second-order valence-corrected chi connectivity index (χ2v) is 6.09. The molecule has 1 aromatic carbocycles. The van der Waals surface area contributed by atoms with Crippen molar-refractivity contribution < 1.29 is 19.2 Å². The molecule has 1 atom stereocenters. The van der Waals surface area contributed by atoms with Gasteiger partial charge >= 0.3 is 5.97 Å². The highest BCUT2D eigenvalue weighted by atomic mass is 16.6. The molecule has 1 unspecified atom stereocenters. The largest absolute Gasteiger partial charge is 0.462 e. The van der Waals surface area contributed by atoms with Crippen LogP contribution < -0.4 is 5.32 Å². The number of non-ortho nitro benzene ring substituents is 1. The number of rotatable bonds is 8. The van der Waals surface area contributed by atoms with Gasteiger partial charge in [0, 0.05) is 23.7 Å². The van der Waals surface area contributed by atoms with Crippen LogP contribution in [0.2, 0.25) is 0 Å². The van der Waals surface area contributed by atoms with Gasteiger partial charge in [0.15, 0.2) is 0 Å². The maximum Gasteiger partial charge on any atom is 0.338 e. The first kappa shape index (κ1) is 19.6. The zero-order valence-electron chi connectivity index (χ0n) is 14.5. The summed E-state index contributed by atoms with van der Waals surface area (Å²) in [5, 5.41) is 13.8. The van der Waals surface area contributed by atoms with E-state index in [0.717, 1.165) is 25.0 Å². The third kappa shape index (κ3) is 5.98. The van der Waals surface area contributed by atoms with Gasteiger partial charge in [0.25, 0.3) is 11.6 Å². The molecule has 0 spiro atoms. The van der Waals surface area contributed by atoms with Gasteiger partial charge < -0.3 is 10.1 Å². The Morgan fingerprint density at radius 2 is 1.79 bits per heavy atom. The number of nitrogens with one attached hydrogen (secondary N) is 1. The average Bonchev–Trinajstić information content (AvgIpc) is 2.52. The van der Waals surface area contributed by atoms with E-state index >= 15 is 0 Å². The van der Waals surface area contributed by atoms with E-state index in [9.17, 15) is 19.7 Å². The smallest absolute Gasteiger partial charge is 0.338 e. The number of esters is 1. The predicted octanol–water partition coefficient (Wildman–Crippen LogP) is 3.33. The van der Waals surface area contributed by atoms with E-state index in [0.29, 0.717) is 5.92 Å². The summed E-state index contributed by atoms with van der Waals surface area (Å²) in [6.45, 7) is 7.86. The molecule has 7 heteroatoms. The van der Waals surface area contributed by atoms with Crippen molar-refractivity contribution in [2.24, 2.45) is 5.92 Å². The molecule has 0 heterocycles. The third-order valence-electron chi connectivity index (χ3n) is 3.46. The Morgan fingerprint density at radius 3 is 2.33 bits per heavy atom. The normalized spacial score (nSPS) is 11.9. The Balaban J connectivity index is 2.98. The quantitative estimate of drug-likeness (QED) is 0.446. The number of benzene rings is 1. The van der Waals surface area contributed by atoms with Crippen LogP contribution in [-0.4, -0.2) is 29.4 Å². The van der Waals surface area contributed by atoms with Gasteiger partial charge in [-0.15, -0.1) is 0 Å². The molecule has 0 saturated carbocycles. The van der Waals surface area contributed by atoms with Crippen LogP contribution >= 0.6 is 0 Å². The summed E-state index contributed by atoms with van der Waals surface area (Å²) < 4.78 is 4.85. The fourth-order valence-corrected chi connectivity index (χ4v) is 2.14. The van der Waals surface area contributed by atoms with Crippen LogP contribution in [-0.2, 0) is 4.74 Å². The summed E-state index contributed by atoms with van der Waals surface area (Å²) in [6.07, 6.45) is 1.77. The SMILES string of the molecule is CCOC(=O)c1cc(C(=O)NC(C)CCC(C)C)cc([N+](=O)[O-])c1. The molecule has 0 saturated heterocycles. The third-order valence-corrected chi connectivity index (χ3v) is 3.46. The molecule has 7 nitrogen and oxygen atoms in total. The van der Waals surface area contributed by atoms with Gasteiger partial charge in [0.2, 0.25) is 0 Å². The van der Waals surface area contributed by atoms with Crippen molar-refractivity contribution in [1.29, 1.82) is 0 Å². The second kappa shape index (κ2) is 9.00. The van der Waals surface area contributed by atoms with E-state index in [1.54, 1.807) is 6.92 Å². The molecular formula is C17H24N2O5. The van der Waals surface area contributed by atoms with E-state index in [1.165, 1.54) is 6.07 Å². The number of nitrogens with zero attached hydrogens (tertiary/aromatic N) is 1. The van der Waals surface area contributed by atoms with Crippen LogP contribution in [0.5, 0.6) is 0 Å². The van der Waals surface area contributed by atoms with Crippen LogP contribution in [0.1, 0.15) is 61.3 Å². The standard InChI is InChI=1S/C17H24N2O5/c1-5-24-17(21)14-8-13(9-15(10-14)19(22)23)16(20)18-12(4)7-6-11(2)3/h8-12H,5-7H2,1-4H3,(H,18,20). The molecule has 0 radical (unpaired) electrons. The van der Waals surface area contributed by atoms with Gasteiger partial charge in [0.1, 0.15) is 0 Å². The number of hydrogen-bond donors (Lipinski definition) is 1. The number of hydrogen-bond acceptors (Lipinski definition) is 5. The minimum absolute atomic E-state index is 0.00830. The topological polar surface area (TPSA) is 98.5 Å². The molecule has 1 aromatic rings. The maximum absolute atomic E-state index is 12.3. The molecule has 0 aliphatic carbocycles. The highest BCUT2D eigenvalue weighted by molar-refractivity contribution is 5.99. The number of ether oxygens (including phenoxy) is 1. The molecule has 1 rings (SSSR count). The zero-order chi connectivity index (χ0) is 18.3. The first-order valence-electron chi connectivity index (χ1n) is 8.02. The lowest BCUT2D eigenvalue weighted by Crippen LogP contribution is -2.33. The van der Waals surface area contributed by atoms with E-state index in [4.69, 9.17) is 4.74 Å². The van der Waals surface area contributed by atoms with Gasteiger partial charge in [-0.05, 0) is 38.7 Å². The number of amides is 1. The van der Waals surface area contributed by atoms with Crippen molar-refractivity contribution >= 4 is 17.6 Å². The molecule has 0 fully saturated rings. The molecule has 0 aliphatic heterocycles. The molecule has 0 aliphatic rings. The summed E-state index contributed by atoms with van der Waals surface area (Å²) in [5.41, 5.74) is -0.254. The van der Waals surface area contributed by atoms with Crippen LogP contribution in [0, 0.1) is 16.0 Å². The lowest BCUT2D eigenvalue weighted by molar-refractivity contribution is -0.384. The molecule has 0 aromatic heterocycles. The molecule has 132 valence electrons. The van der Waals surface area contributed by atoms with Crippen LogP contribution in [0.15, 0.2) is 18.2 Å². The number of nitro groups is 1. The van der Waals surface area contributed by atoms with Crippen LogP contribution in [0.3, 0.4) is 0 Å². The molecule has 24 heavy (non-hydrogen) atoms. The lowest BCUT2D eigenvalue weighted by Gasteiger charge is -2.15. The van der Waals surface area contributed by atoms with E-state index < -0.39 is 16.8 Å². The molecule has 0 bridgehead atoms. The Hall–Kier alpha value is -2.44. The summed E-state index contributed by atoms with van der Waals surface area (Å²) in [7, 11) is 0. The van der Waals surface area contributed by atoms with Gasteiger partial charge in [-0.2, -0.15) is 0 Å². The fourth-order valence-electron chi connectivity index (χ4n) is 2.14. The Labute approximate surface area is 141 Å². The van der Waals surface area contributed by atoms with Crippen LogP contribution in [0.25, 0.3) is 0 Å². The first-order valence-corrected chi connectivity index (χ1v) is 8.02. The predicted molar refractivity (Wildman–Crippen MR) is 90.1 cm³/mol.